The lowest BCUT2D eigenvalue weighted by Crippen LogP contribution is -0.482. The Kier molecular flexibility index (Phi) is 73000. The van der Waals surface area contributed by atoms with Gasteiger partial charge in [0.2, 0.25) is 0 Å². The first-order valence-corrected chi connectivity index (χ1v) is 0. The van der Waals surface area contributed by atoms with Crippen LogP contribution in [0.4, 0.5) is 0 Å². The van der Waals surface area contributed by atoms with Gasteiger partial charge in [-0.2, -0.15) is 0 Å². The SMILES string of the molecule is C.C.C.C.C.C.C.C.C.C.[2H]N.[2H]N.[2H]N.[2H]N.[2H]N.[2H]N.[2H]N.[2H]N.[2H]N.[2H]N.[2H]N.[2H]N.[2H]N.[2H]N.[2H]N.[2H]N.[2H]N.[2H]N. The van der Waals surface area contributed by atoms with E-state index < -0.39 is 0 Å². The van der Waals surface area contributed by atoms with Crippen LogP contribution in [0.15, 0.2) is 0 Å². The van der Waals surface area contributed by atoms with E-state index in [0.717, 1.165) is 0 Å². The third kappa shape index (κ3) is 28700. The monoisotopic (exact) mass is 485 g/mol. The van der Waals surface area contributed by atoms with Crippen molar-refractivity contribution in [1.82, 2.24) is 111 Å². The van der Waals surface area contributed by atoms with Gasteiger partial charge < -0.3 is 111 Å². The summed E-state index contributed by atoms with van der Waals surface area (Å²) in [4.78, 5) is 0. The molecule has 0 aromatic carbocycles. The minimum absolute atomic E-state index is 0. The van der Waals surface area contributed by atoms with Gasteiger partial charge in [-0.3, -0.25) is 0 Å². The molecule has 0 aliphatic heterocycles. The highest BCUT2D eigenvalue weighted by Crippen LogP contribution is 0.153. The molecular formula is C10H94N18. The van der Waals surface area contributed by atoms with Crippen molar-refractivity contribution in [3.63, 3.8) is 0 Å². The van der Waals surface area contributed by atoms with Gasteiger partial charge in [0.1, 0.15) is 25.4 Å². The molecule has 0 saturated carbocycles. The van der Waals surface area contributed by atoms with Crippen LogP contribution in [0.5, 0.6) is 0 Å². The summed E-state index contributed by atoms with van der Waals surface area (Å²) in [6.07, 6.45) is 67.5. The largest absolute Gasteiger partial charge is 0.344 e. The second kappa shape index (κ2) is 32400. The average Bonchev–Trinajstić information content (AvgIpc) is 3.13. The molecule has 0 aliphatic rings. The van der Waals surface area contributed by atoms with Crippen LogP contribution in [0.2, 0.25) is 25.4 Å². The summed E-state index contributed by atoms with van der Waals surface area (Å²) in [5.74, 6) is 0. The van der Waals surface area contributed by atoms with Crippen LogP contribution in [-0.4, -0.2) is 0 Å². The highest BCUT2D eigenvalue weighted by atomic mass is 14.0. The molecule has 0 fully saturated rings. The first-order chi connectivity index (χ1) is 18.0. The fourth-order valence-electron chi connectivity index (χ4n) is 0. The molecule has 0 saturated heterocycles. The number of hydrogen-bond acceptors (Lipinski definition) is 18. The summed E-state index contributed by atoms with van der Waals surface area (Å²) in [6, 6.07) is 0. The molecule has 0 bridgehead atoms. The van der Waals surface area contributed by atoms with E-state index in [4.69, 9.17) is 25.4 Å². The van der Waals surface area contributed by atoms with E-state index in [1.54, 1.807) is 0 Å². The molecule has 0 spiro atoms. The van der Waals surface area contributed by atoms with E-state index in [1.165, 1.54) is 0 Å². The summed E-state index contributed by atoms with van der Waals surface area (Å²) in [5.41, 5.74) is 0. The third-order valence-electron chi connectivity index (χ3n) is 0. The molecule has 0 aliphatic carbocycles. The second-order valence-electron chi connectivity index (χ2n) is 0. The van der Waals surface area contributed by atoms with Crippen molar-refractivity contribution in [2.45, 2.75) is 74.3 Å². The molecule has 0 amide bonds. The normalized spacial score (nSPS) is 4.50. The number of hydrogen-bond donors (Lipinski definition) is 18. The Balaban J connectivity index is -0.00000000283. The Morgan fingerprint density at radius 3 is 0.143 bits per heavy atom. The van der Waals surface area contributed by atoms with Crippen molar-refractivity contribution in [2.75, 3.05) is 0 Å². The Morgan fingerprint density at radius 1 is 0.143 bits per heavy atom. The van der Waals surface area contributed by atoms with Gasteiger partial charge in [-0.25, -0.2) is 0 Å². The highest BCUT2D eigenvalue weighted by molar-refractivity contribution is 2.51. The zero-order valence-electron chi connectivity index (χ0n) is 28.4. The van der Waals surface area contributed by atoms with Crippen LogP contribution in [0.3, 0.4) is 0 Å². The van der Waals surface area contributed by atoms with Crippen LogP contribution < -0.4 is 111 Å². The summed E-state index contributed by atoms with van der Waals surface area (Å²) in [6.45, 7) is 0. The van der Waals surface area contributed by atoms with E-state index >= 15 is 0 Å². The van der Waals surface area contributed by atoms with Crippen molar-refractivity contribution in [3.05, 3.63) is 0 Å². The Bertz CT molecular complexity index is 70.7. The lowest BCUT2D eigenvalue weighted by molar-refractivity contribution is 2.13. The average molecular weight is 485 g/mol. The molecule has 18 nitrogen and oxygen atoms in total. The smallest absolute Gasteiger partial charge is 0.115 e. The summed E-state index contributed by atoms with van der Waals surface area (Å²) in [5, 5.41) is 0. The van der Waals surface area contributed by atoms with Gasteiger partial charge in [0, 0.05) is 0 Å². The predicted octanol–water partition coefficient (Wildman–Crippen LogP) is 9.28. The van der Waals surface area contributed by atoms with Crippen LogP contribution >= 0.6 is 0 Å². The quantitative estimate of drug-likeness (QED) is 0.152. The Labute approximate surface area is 212 Å². The van der Waals surface area contributed by atoms with Gasteiger partial charge >= 0.3 is 0 Å². The molecule has 0 atom stereocenters. The van der Waals surface area contributed by atoms with Crippen LogP contribution in [-0.2, 0) is 0 Å². The molecule has 0 radical (unpaired) electrons. The molecule has 224 valence electrons. The van der Waals surface area contributed by atoms with E-state index in [1.807, 2.05) is 0 Å². The fourth-order valence-corrected chi connectivity index (χ4v) is 0. The Morgan fingerprint density at radius 2 is 0.143 bits per heavy atom. The van der Waals surface area contributed by atoms with Crippen molar-refractivity contribution in [1.29, 1.82) is 0 Å². The number of rotatable bonds is 0. The molecule has 0 unspecified atom stereocenters. The zero-order valence-corrected chi connectivity index (χ0v) is 10.4. The van der Waals surface area contributed by atoms with E-state index in [9.17, 15) is 0 Å². The first-order valence-electron chi connectivity index (χ1n) is 10.4. The lowest BCUT2D eigenvalue weighted by Gasteiger charge is -0.345. The maximum absolute atomic E-state index is 5.25. The summed E-state index contributed by atoms with van der Waals surface area (Å²) < 4.78 is 94.5. The molecule has 0 aromatic rings. The van der Waals surface area contributed by atoms with Gasteiger partial charge in [-0.05, 0) is 0 Å². The van der Waals surface area contributed by atoms with Gasteiger partial charge in [-0.1, -0.05) is 74.3 Å². The standard InChI is InChI=1S/10CH4.18H3N/h10*1H4;18*1H3/i/hD18. The lowest BCUT2D eigenvalue weighted by atomic mass is 12.0. The highest BCUT2D eigenvalue weighted by Gasteiger charge is -0.0679. The van der Waals surface area contributed by atoms with E-state index in [0.29, 0.717) is 0 Å². The van der Waals surface area contributed by atoms with Crippen molar-refractivity contribution in [2.24, 2.45) is 0 Å². The third-order valence-corrected chi connectivity index (χ3v) is 0. The second-order valence-corrected chi connectivity index (χ2v) is 0. The maximum atomic E-state index is 5.25. The van der Waals surface area contributed by atoms with Gasteiger partial charge in [0.15, 0.2) is 0 Å². The predicted molar refractivity (Wildman–Crippen MR) is 158 cm³/mol. The van der Waals surface area contributed by atoms with Gasteiger partial charge in [-0.15, -0.1) is 0 Å². The van der Waals surface area contributed by atoms with Crippen molar-refractivity contribution in [3.8, 4) is 0 Å². The van der Waals surface area contributed by atoms with Crippen LogP contribution in [0, 0.1) is 0 Å². The molecular weight excluding hydrogens is 372 g/mol. The Hall–Kier alpha value is -0.720. The molecule has 54 N–H and O–H groups in total. The molecule has 28 heavy (non-hydrogen) atoms. The molecule has 0 aromatic heterocycles. The van der Waals surface area contributed by atoms with E-state index in [2.05, 4.69) is 111 Å². The van der Waals surface area contributed by atoms with Gasteiger partial charge in [0.05, 0.1) is 0 Å². The van der Waals surface area contributed by atoms with Crippen LogP contribution in [0.25, 0.3) is 0 Å². The summed E-state index contributed by atoms with van der Waals surface area (Å²) >= 11 is 0. The zero-order chi connectivity index (χ0) is 36.0. The van der Waals surface area contributed by atoms with Crippen molar-refractivity contribution < 1.29 is 25.4 Å². The fraction of sp³-hybridized carbons (Fsp3) is 1.00. The van der Waals surface area contributed by atoms with Gasteiger partial charge in [0.25, 0.3) is 0 Å². The minimum atomic E-state index is 0. The minimum Gasteiger partial charge on any atom is -0.344 e. The molecule has 0 rings (SSSR count). The van der Waals surface area contributed by atoms with E-state index in [-0.39, 0.29) is 74.3 Å². The molecule has 0 heterocycles. The first kappa shape index (κ1) is 63.1. The van der Waals surface area contributed by atoms with Crippen molar-refractivity contribution >= 4 is 0 Å². The topological polar surface area (TPSA) is 630 Å². The summed E-state index contributed by atoms with van der Waals surface area (Å²) in [7, 11) is 0. The maximum Gasteiger partial charge on any atom is 0.115 e. The van der Waals surface area contributed by atoms with Crippen LogP contribution in [0.1, 0.15) is 74.3 Å². The molecule has 18 heteroatoms.